The zero-order valence-electron chi connectivity index (χ0n) is 19.0. The van der Waals surface area contributed by atoms with Gasteiger partial charge in [-0.25, -0.2) is 4.68 Å². The van der Waals surface area contributed by atoms with Gasteiger partial charge in [-0.3, -0.25) is 19.1 Å². The maximum atomic E-state index is 12.4. The second-order valence-electron chi connectivity index (χ2n) is 7.85. The number of hydrogen-bond acceptors (Lipinski definition) is 7. The van der Waals surface area contributed by atoms with Crippen molar-refractivity contribution in [1.82, 2.24) is 24.5 Å². The molecule has 36 heavy (non-hydrogen) atoms. The molecule has 0 saturated heterocycles. The minimum atomic E-state index is -0.152. The number of pyridine rings is 2. The topological polar surface area (TPSA) is 91.9 Å². The van der Waals surface area contributed by atoms with E-state index < -0.39 is 0 Å². The highest BCUT2D eigenvalue weighted by Gasteiger charge is 2.14. The highest BCUT2D eigenvalue weighted by molar-refractivity contribution is 7.18. The summed E-state index contributed by atoms with van der Waals surface area (Å²) in [5.74, 6) is 0.521. The van der Waals surface area contributed by atoms with E-state index in [1.807, 2.05) is 30.3 Å². The molecular formula is C26H20ClN5O3S. The van der Waals surface area contributed by atoms with Crippen LogP contribution in [0.15, 0.2) is 90.1 Å². The van der Waals surface area contributed by atoms with Crippen molar-refractivity contribution >= 4 is 28.7 Å². The van der Waals surface area contributed by atoms with Gasteiger partial charge in [-0.05, 0) is 42.5 Å². The van der Waals surface area contributed by atoms with Crippen LogP contribution in [0, 0.1) is 0 Å². The highest BCUT2D eigenvalue weighted by atomic mass is 35.5. The van der Waals surface area contributed by atoms with E-state index in [-0.39, 0.29) is 17.9 Å². The number of halogens is 1. The van der Waals surface area contributed by atoms with Crippen LogP contribution in [0.25, 0.3) is 11.4 Å². The standard InChI is InChI=1S/C26H20ClN5O3S/c27-25-12-11-24(36-25)22(33)10-7-18-16-32(30-29-18)21-9-8-20(31-14-4-2-6-26(31)34)15-23(21)35-17-19-5-1-3-13-28-19/h1-6,8-9,11-16H,7,10,17H2. The lowest BCUT2D eigenvalue weighted by Gasteiger charge is -2.14. The molecule has 8 nitrogen and oxygen atoms in total. The SMILES string of the molecule is O=C(CCc1cn(-c2ccc(-n3ccccc3=O)cc2OCc2ccccn2)nn1)c1ccc(Cl)s1. The van der Waals surface area contributed by atoms with Crippen LogP contribution >= 0.6 is 22.9 Å². The van der Waals surface area contributed by atoms with Gasteiger partial charge >= 0.3 is 0 Å². The van der Waals surface area contributed by atoms with Gasteiger partial charge in [0.2, 0.25) is 0 Å². The molecule has 1 aromatic carbocycles. The molecular weight excluding hydrogens is 498 g/mol. The van der Waals surface area contributed by atoms with Gasteiger partial charge in [0.25, 0.3) is 5.56 Å². The number of aryl methyl sites for hydroxylation is 1. The Morgan fingerprint density at radius 1 is 1.03 bits per heavy atom. The monoisotopic (exact) mass is 517 g/mol. The Balaban J connectivity index is 1.40. The van der Waals surface area contributed by atoms with Gasteiger partial charge in [0.1, 0.15) is 18.0 Å². The van der Waals surface area contributed by atoms with Crippen molar-refractivity contribution < 1.29 is 9.53 Å². The first-order chi connectivity index (χ1) is 17.6. The normalized spacial score (nSPS) is 10.9. The number of rotatable bonds is 9. The van der Waals surface area contributed by atoms with Crippen molar-refractivity contribution in [3.8, 4) is 17.1 Å². The molecule has 0 N–H and O–H groups in total. The van der Waals surface area contributed by atoms with E-state index in [0.717, 1.165) is 5.69 Å². The molecule has 0 amide bonds. The Labute approximate surface area is 215 Å². The number of carbonyl (C=O) groups is 1. The molecule has 4 aromatic heterocycles. The van der Waals surface area contributed by atoms with Crippen molar-refractivity contribution in [1.29, 1.82) is 0 Å². The summed E-state index contributed by atoms with van der Waals surface area (Å²) in [5, 5.41) is 8.48. The van der Waals surface area contributed by atoms with Crippen LogP contribution in [0.4, 0.5) is 0 Å². The molecule has 0 spiro atoms. The van der Waals surface area contributed by atoms with Crippen LogP contribution in [0.1, 0.15) is 27.5 Å². The molecule has 5 aromatic rings. The van der Waals surface area contributed by atoms with E-state index in [4.69, 9.17) is 16.3 Å². The number of Topliss-reactive ketones (excluding diaryl/α,β-unsaturated/α-hetero) is 1. The maximum absolute atomic E-state index is 12.4. The largest absolute Gasteiger partial charge is 0.485 e. The Hall–Kier alpha value is -4.08. The third-order valence-electron chi connectivity index (χ3n) is 5.39. The minimum Gasteiger partial charge on any atom is -0.485 e. The molecule has 180 valence electrons. The summed E-state index contributed by atoms with van der Waals surface area (Å²) in [4.78, 5) is 29.7. The summed E-state index contributed by atoms with van der Waals surface area (Å²) in [6.07, 6.45) is 5.91. The first-order valence-corrected chi connectivity index (χ1v) is 12.3. The minimum absolute atomic E-state index is 0.0125. The molecule has 4 heterocycles. The Kier molecular flexibility index (Phi) is 7.01. The predicted octanol–water partition coefficient (Wildman–Crippen LogP) is 4.92. The Morgan fingerprint density at radius 2 is 1.92 bits per heavy atom. The fourth-order valence-corrected chi connectivity index (χ4v) is 4.60. The molecule has 0 fully saturated rings. The number of hydrogen-bond donors (Lipinski definition) is 0. The van der Waals surface area contributed by atoms with Gasteiger partial charge in [0, 0.05) is 37.4 Å². The molecule has 0 radical (unpaired) electrons. The maximum Gasteiger partial charge on any atom is 0.255 e. The van der Waals surface area contributed by atoms with Crippen LogP contribution < -0.4 is 10.3 Å². The molecule has 0 bridgehead atoms. The molecule has 5 rings (SSSR count). The van der Waals surface area contributed by atoms with Crippen molar-refractivity contribution in [2.75, 3.05) is 0 Å². The summed E-state index contributed by atoms with van der Waals surface area (Å²) in [7, 11) is 0. The molecule has 0 aliphatic carbocycles. The third-order valence-corrected chi connectivity index (χ3v) is 6.66. The van der Waals surface area contributed by atoms with E-state index in [1.165, 1.54) is 22.0 Å². The zero-order chi connectivity index (χ0) is 24.9. The lowest BCUT2D eigenvalue weighted by Crippen LogP contribution is -2.16. The number of ether oxygens (including phenoxy) is 1. The van der Waals surface area contributed by atoms with Crippen LogP contribution in [0.5, 0.6) is 5.75 Å². The average Bonchev–Trinajstić information content (AvgIpc) is 3.56. The van der Waals surface area contributed by atoms with Crippen molar-refractivity contribution in [3.05, 3.63) is 116 Å². The summed E-state index contributed by atoms with van der Waals surface area (Å²) in [5.41, 5.74) is 2.58. The molecule has 0 aliphatic rings. The van der Waals surface area contributed by atoms with Gasteiger partial charge in [0.05, 0.1) is 32.5 Å². The van der Waals surface area contributed by atoms with Crippen LogP contribution in [-0.2, 0) is 13.0 Å². The van der Waals surface area contributed by atoms with Gasteiger partial charge < -0.3 is 4.74 Å². The summed E-state index contributed by atoms with van der Waals surface area (Å²) < 4.78 is 9.84. The fraction of sp³-hybridized carbons (Fsp3) is 0.115. The van der Waals surface area contributed by atoms with Crippen molar-refractivity contribution in [2.24, 2.45) is 0 Å². The van der Waals surface area contributed by atoms with Crippen molar-refractivity contribution in [2.45, 2.75) is 19.4 Å². The third kappa shape index (κ3) is 5.42. The van der Waals surface area contributed by atoms with Gasteiger partial charge in [-0.1, -0.05) is 28.9 Å². The van der Waals surface area contributed by atoms with Crippen LogP contribution in [0.2, 0.25) is 4.34 Å². The number of ketones is 1. The number of thiophene rings is 1. The number of nitrogens with zero attached hydrogens (tertiary/aromatic N) is 5. The van der Waals surface area contributed by atoms with Gasteiger partial charge in [0.15, 0.2) is 5.78 Å². The zero-order valence-corrected chi connectivity index (χ0v) is 20.5. The summed E-state index contributed by atoms with van der Waals surface area (Å²) in [6.45, 7) is 0.237. The highest BCUT2D eigenvalue weighted by Crippen LogP contribution is 2.27. The van der Waals surface area contributed by atoms with E-state index in [2.05, 4.69) is 15.3 Å². The van der Waals surface area contributed by atoms with E-state index in [9.17, 15) is 9.59 Å². The van der Waals surface area contributed by atoms with Crippen LogP contribution in [0.3, 0.4) is 0 Å². The smallest absolute Gasteiger partial charge is 0.255 e. The number of aromatic nitrogens is 5. The van der Waals surface area contributed by atoms with Crippen molar-refractivity contribution in [3.63, 3.8) is 0 Å². The van der Waals surface area contributed by atoms with Crippen LogP contribution in [-0.4, -0.2) is 30.3 Å². The Bertz CT molecular complexity index is 1560. The average molecular weight is 518 g/mol. The van der Waals surface area contributed by atoms with Gasteiger partial charge in [-0.15, -0.1) is 16.4 Å². The van der Waals surface area contributed by atoms with E-state index >= 15 is 0 Å². The van der Waals surface area contributed by atoms with Gasteiger partial charge in [-0.2, -0.15) is 0 Å². The molecule has 0 aliphatic heterocycles. The molecule has 0 saturated carbocycles. The second kappa shape index (κ2) is 10.7. The molecule has 10 heteroatoms. The lowest BCUT2D eigenvalue weighted by atomic mass is 10.1. The summed E-state index contributed by atoms with van der Waals surface area (Å²) >= 11 is 7.21. The first-order valence-electron chi connectivity index (χ1n) is 11.1. The number of carbonyl (C=O) groups excluding carboxylic acids is 1. The molecule has 0 unspecified atom stereocenters. The lowest BCUT2D eigenvalue weighted by molar-refractivity contribution is 0.0986. The van der Waals surface area contributed by atoms with E-state index in [1.54, 1.807) is 53.6 Å². The molecule has 0 atom stereocenters. The first kappa shape index (κ1) is 23.7. The Morgan fingerprint density at radius 3 is 2.69 bits per heavy atom. The predicted molar refractivity (Wildman–Crippen MR) is 138 cm³/mol. The van der Waals surface area contributed by atoms with E-state index in [0.29, 0.717) is 44.9 Å². The second-order valence-corrected chi connectivity index (χ2v) is 9.57. The fourth-order valence-electron chi connectivity index (χ4n) is 3.59. The number of benzene rings is 1. The quantitative estimate of drug-likeness (QED) is 0.258. The summed E-state index contributed by atoms with van der Waals surface area (Å²) in [6, 6.07) is 19.5.